The molecule has 0 spiro atoms. The van der Waals surface area contributed by atoms with Crippen molar-refractivity contribution >= 4 is 17.2 Å². The van der Waals surface area contributed by atoms with E-state index in [1.807, 2.05) is 0 Å². The monoisotopic (exact) mass is 232 g/mol. The van der Waals surface area contributed by atoms with Crippen LogP contribution in [-0.4, -0.2) is 42.7 Å². The molecule has 0 saturated carbocycles. The first-order valence-electron chi connectivity index (χ1n) is 5.31. The number of hydrogen-bond acceptors (Lipinski definition) is 3. The fourth-order valence-electron chi connectivity index (χ4n) is 1.21. The van der Waals surface area contributed by atoms with Crippen LogP contribution in [0.15, 0.2) is 0 Å². The van der Waals surface area contributed by atoms with Crippen LogP contribution in [0.5, 0.6) is 0 Å². The summed E-state index contributed by atoms with van der Waals surface area (Å²) < 4.78 is 5.36. The summed E-state index contributed by atoms with van der Waals surface area (Å²) in [5.41, 5.74) is 5.52. The van der Waals surface area contributed by atoms with Gasteiger partial charge in [0.1, 0.15) is 0 Å². The summed E-state index contributed by atoms with van der Waals surface area (Å²) in [6.07, 6.45) is 1.00. The smallest absolute Gasteiger partial charge is 0.0768 e. The van der Waals surface area contributed by atoms with Gasteiger partial charge in [-0.3, -0.25) is 0 Å². The van der Waals surface area contributed by atoms with Gasteiger partial charge in [-0.1, -0.05) is 19.1 Å². The molecule has 90 valence electrons. The average Bonchev–Trinajstić information content (AvgIpc) is 2.15. The zero-order valence-corrected chi connectivity index (χ0v) is 11.4. The van der Waals surface area contributed by atoms with Crippen LogP contribution < -0.4 is 5.73 Å². The van der Waals surface area contributed by atoms with Gasteiger partial charge in [-0.25, -0.2) is 0 Å². The molecule has 1 unspecified atom stereocenters. The topological polar surface area (TPSA) is 38.5 Å². The summed E-state index contributed by atoms with van der Waals surface area (Å²) in [5, 5.41) is 0. The molecule has 2 N–H and O–H groups in total. The van der Waals surface area contributed by atoms with Crippen LogP contribution in [0.2, 0.25) is 0 Å². The summed E-state index contributed by atoms with van der Waals surface area (Å²) >= 11 is 4.94. The Morgan fingerprint density at radius 2 is 2.07 bits per heavy atom. The Morgan fingerprint density at radius 1 is 1.53 bits per heavy atom. The van der Waals surface area contributed by atoms with E-state index in [9.17, 15) is 0 Å². The second kappa shape index (κ2) is 6.40. The van der Waals surface area contributed by atoms with Crippen molar-refractivity contribution in [3.63, 3.8) is 0 Å². The Hall–Kier alpha value is -0.190. The molecule has 0 heterocycles. The van der Waals surface area contributed by atoms with Crippen molar-refractivity contribution < 1.29 is 4.74 Å². The predicted molar refractivity (Wildman–Crippen MR) is 69.2 cm³/mol. The van der Waals surface area contributed by atoms with Gasteiger partial charge >= 0.3 is 0 Å². The first-order valence-corrected chi connectivity index (χ1v) is 5.72. The number of methoxy groups -OCH3 is 1. The van der Waals surface area contributed by atoms with Gasteiger partial charge in [0.15, 0.2) is 0 Å². The molecule has 0 fully saturated rings. The normalized spacial score (nSPS) is 14.3. The Balaban J connectivity index is 3.85. The maximum atomic E-state index is 5.57. The number of nitrogens with zero attached hydrogens (tertiary/aromatic N) is 1. The van der Waals surface area contributed by atoms with Crippen molar-refractivity contribution in [3.05, 3.63) is 0 Å². The molecular formula is C11H24N2OS. The molecule has 0 rings (SSSR count). The van der Waals surface area contributed by atoms with Gasteiger partial charge < -0.3 is 15.4 Å². The van der Waals surface area contributed by atoms with E-state index < -0.39 is 0 Å². The van der Waals surface area contributed by atoms with Gasteiger partial charge in [-0.2, -0.15) is 0 Å². The van der Waals surface area contributed by atoms with Crippen molar-refractivity contribution in [3.8, 4) is 0 Å². The molecule has 0 aliphatic rings. The molecule has 0 aliphatic heterocycles. The van der Waals surface area contributed by atoms with Gasteiger partial charge in [0, 0.05) is 26.1 Å². The van der Waals surface area contributed by atoms with Crippen molar-refractivity contribution in [2.75, 3.05) is 27.2 Å². The zero-order valence-electron chi connectivity index (χ0n) is 10.5. The highest BCUT2D eigenvalue weighted by Gasteiger charge is 2.17. The molecule has 0 aliphatic carbocycles. The third kappa shape index (κ3) is 6.82. The van der Waals surface area contributed by atoms with E-state index in [1.165, 1.54) is 0 Å². The lowest BCUT2D eigenvalue weighted by Crippen LogP contribution is -2.35. The maximum absolute atomic E-state index is 5.57. The fourth-order valence-corrected chi connectivity index (χ4v) is 1.29. The summed E-state index contributed by atoms with van der Waals surface area (Å²) in [5.74, 6) is 0.274. The van der Waals surface area contributed by atoms with Crippen molar-refractivity contribution in [2.24, 2.45) is 11.7 Å². The molecule has 1 atom stereocenters. The number of thiocarbonyl (C=S) groups is 1. The minimum Gasteiger partial charge on any atom is -0.393 e. The van der Waals surface area contributed by atoms with Gasteiger partial charge in [-0.15, -0.1) is 0 Å². The van der Waals surface area contributed by atoms with E-state index in [1.54, 1.807) is 7.11 Å². The van der Waals surface area contributed by atoms with Crippen LogP contribution >= 0.6 is 12.2 Å². The quantitative estimate of drug-likeness (QED) is 0.678. The van der Waals surface area contributed by atoms with Gasteiger partial charge in [0.25, 0.3) is 0 Å². The molecule has 0 aromatic rings. The van der Waals surface area contributed by atoms with Gasteiger partial charge in [0.2, 0.25) is 0 Å². The minimum absolute atomic E-state index is 0.0548. The lowest BCUT2D eigenvalue weighted by atomic mass is 10.0. The highest BCUT2D eigenvalue weighted by Crippen LogP contribution is 2.13. The number of ether oxygens (including phenoxy) is 1. The standard InChI is InChI=1S/C11H24N2OS/c1-9(10(12)15)8-13(4)7-6-11(2,3)14-5/h9H,6-8H2,1-5H3,(H2,12,15). The van der Waals surface area contributed by atoms with E-state index >= 15 is 0 Å². The SMILES string of the molecule is COC(C)(C)CCN(C)CC(C)C(N)=S. The summed E-state index contributed by atoms with van der Waals surface area (Å²) in [4.78, 5) is 2.83. The lowest BCUT2D eigenvalue weighted by Gasteiger charge is -2.27. The van der Waals surface area contributed by atoms with E-state index in [2.05, 4.69) is 32.7 Å². The van der Waals surface area contributed by atoms with Crippen LogP contribution in [0.4, 0.5) is 0 Å². The molecule has 0 bridgehead atoms. The highest BCUT2D eigenvalue weighted by atomic mass is 32.1. The largest absolute Gasteiger partial charge is 0.393 e. The number of nitrogens with two attached hydrogens (primary N) is 1. The van der Waals surface area contributed by atoms with Gasteiger partial charge in [0.05, 0.1) is 10.6 Å². The molecular weight excluding hydrogens is 208 g/mol. The molecule has 0 saturated heterocycles. The second-order valence-electron chi connectivity index (χ2n) is 4.78. The highest BCUT2D eigenvalue weighted by molar-refractivity contribution is 7.80. The Kier molecular flexibility index (Phi) is 6.32. The molecule has 3 nitrogen and oxygen atoms in total. The second-order valence-corrected chi connectivity index (χ2v) is 5.25. The fraction of sp³-hybridized carbons (Fsp3) is 0.909. The van der Waals surface area contributed by atoms with Crippen molar-refractivity contribution in [2.45, 2.75) is 32.8 Å². The summed E-state index contributed by atoms with van der Waals surface area (Å²) in [6, 6.07) is 0. The van der Waals surface area contributed by atoms with Crippen LogP contribution in [0.3, 0.4) is 0 Å². The number of hydrogen-bond donors (Lipinski definition) is 1. The third-order valence-corrected chi connectivity index (χ3v) is 3.12. The van der Waals surface area contributed by atoms with E-state index in [0.717, 1.165) is 19.5 Å². The number of rotatable bonds is 7. The molecule has 0 radical (unpaired) electrons. The Bertz CT molecular complexity index is 207. The molecule has 0 amide bonds. The first kappa shape index (κ1) is 14.8. The first-order chi connectivity index (χ1) is 6.78. The molecule has 0 aromatic carbocycles. The van der Waals surface area contributed by atoms with E-state index in [0.29, 0.717) is 4.99 Å². The van der Waals surface area contributed by atoms with Crippen molar-refractivity contribution in [1.82, 2.24) is 4.90 Å². The van der Waals surface area contributed by atoms with Crippen LogP contribution in [0, 0.1) is 5.92 Å². The van der Waals surface area contributed by atoms with E-state index in [4.69, 9.17) is 22.7 Å². The minimum atomic E-state index is -0.0548. The third-order valence-electron chi connectivity index (χ3n) is 2.72. The molecule has 4 heteroatoms. The lowest BCUT2D eigenvalue weighted by molar-refractivity contribution is 0.00883. The van der Waals surface area contributed by atoms with Crippen LogP contribution in [0.1, 0.15) is 27.2 Å². The summed E-state index contributed by atoms with van der Waals surface area (Å²) in [6.45, 7) is 8.15. The average molecular weight is 232 g/mol. The Labute approximate surface area is 99.0 Å². The maximum Gasteiger partial charge on any atom is 0.0768 e. The summed E-state index contributed by atoms with van der Waals surface area (Å²) in [7, 11) is 3.83. The predicted octanol–water partition coefficient (Wildman–Crippen LogP) is 1.66. The molecule has 15 heavy (non-hydrogen) atoms. The zero-order chi connectivity index (χ0) is 12.1. The van der Waals surface area contributed by atoms with Crippen LogP contribution in [-0.2, 0) is 4.74 Å². The van der Waals surface area contributed by atoms with Gasteiger partial charge in [-0.05, 0) is 27.3 Å². The van der Waals surface area contributed by atoms with Crippen molar-refractivity contribution in [1.29, 1.82) is 0 Å². The van der Waals surface area contributed by atoms with Crippen LogP contribution in [0.25, 0.3) is 0 Å². The molecule has 0 aromatic heterocycles. The Morgan fingerprint density at radius 3 is 2.47 bits per heavy atom. The van der Waals surface area contributed by atoms with E-state index in [-0.39, 0.29) is 11.5 Å².